The lowest BCUT2D eigenvalue weighted by Crippen LogP contribution is -2.47. The van der Waals surface area contributed by atoms with E-state index in [1.807, 2.05) is 49.1 Å². The van der Waals surface area contributed by atoms with Crippen LogP contribution >= 0.6 is 0 Å². The fourth-order valence-electron chi connectivity index (χ4n) is 3.11. The molecule has 1 aliphatic rings. The zero-order valence-corrected chi connectivity index (χ0v) is 13.6. The van der Waals surface area contributed by atoms with Crippen molar-refractivity contribution in [2.45, 2.75) is 45.6 Å². The third-order valence-corrected chi connectivity index (χ3v) is 4.40. The first-order valence-electron chi connectivity index (χ1n) is 8.29. The smallest absolute Gasteiger partial charge is 0.245 e. The largest absolute Gasteiger partial charge is 0.341 e. The van der Waals surface area contributed by atoms with Gasteiger partial charge in [0, 0.05) is 26.1 Å². The number of aryl methyl sites for hydroxylation is 1. The highest BCUT2D eigenvalue weighted by atomic mass is 16.2. The Labute approximate surface area is 133 Å². The highest BCUT2D eigenvalue weighted by Gasteiger charge is 2.35. The molecule has 0 spiro atoms. The second-order valence-electron chi connectivity index (χ2n) is 5.74. The van der Waals surface area contributed by atoms with E-state index in [9.17, 15) is 9.59 Å². The first kappa shape index (κ1) is 16.5. The number of likely N-dealkylation sites (N-methyl/N-ethyl adjacent to an activating group) is 1. The minimum Gasteiger partial charge on any atom is -0.341 e. The highest BCUT2D eigenvalue weighted by molar-refractivity contribution is 5.88. The summed E-state index contributed by atoms with van der Waals surface area (Å²) in [5, 5.41) is 0. The molecule has 4 nitrogen and oxygen atoms in total. The van der Waals surface area contributed by atoms with Gasteiger partial charge >= 0.3 is 0 Å². The highest BCUT2D eigenvalue weighted by Crippen LogP contribution is 2.21. The second kappa shape index (κ2) is 7.97. The fraction of sp³-hybridized carbons (Fsp3) is 0.556. The second-order valence-corrected chi connectivity index (χ2v) is 5.74. The van der Waals surface area contributed by atoms with Crippen LogP contribution in [-0.4, -0.2) is 47.3 Å². The lowest BCUT2D eigenvalue weighted by molar-refractivity contribution is -0.143. The van der Waals surface area contributed by atoms with Crippen molar-refractivity contribution in [3.63, 3.8) is 0 Å². The summed E-state index contributed by atoms with van der Waals surface area (Å²) in [4.78, 5) is 28.6. The Morgan fingerprint density at radius 2 is 1.86 bits per heavy atom. The van der Waals surface area contributed by atoms with Crippen molar-refractivity contribution >= 4 is 11.8 Å². The molecule has 2 rings (SSSR count). The van der Waals surface area contributed by atoms with Crippen LogP contribution in [0.2, 0.25) is 0 Å². The summed E-state index contributed by atoms with van der Waals surface area (Å²) in [7, 11) is 0. The molecule has 1 atom stereocenters. The number of nitrogens with zero attached hydrogens (tertiary/aromatic N) is 2. The van der Waals surface area contributed by atoms with Crippen molar-refractivity contribution in [3.05, 3.63) is 35.9 Å². The van der Waals surface area contributed by atoms with Gasteiger partial charge in [0.1, 0.15) is 6.04 Å². The number of benzene rings is 1. The summed E-state index contributed by atoms with van der Waals surface area (Å²) in [5.74, 6) is 0.211. The molecule has 0 bridgehead atoms. The maximum atomic E-state index is 12.5. The first-order valence-corrected chi connectivity index (χ1v) is 8.29. The van der Waals surface area contributed by atoms with E-state index >= 15 is 0 Å². The summed E-state index contributed by atoms with van der Waals surface area (Å²) in [6.45, 7) is 6.09. The van der Waals surface area contributed by atoms with Crippen LogP contribution in [0.1, 0.15) is 38.7 Å². The van der Waals surface area contributed by atoms with E-state index in [1.165, 1.54) is 5.56 Å². The average molecular weight is 302 g/mol. The number of hydrogen-bond donors (Lipinski definition) is 0. The van der Waals surface area contributed by atoms with Crippen molar-refractivity contribution in [2.75, 3.05) is 19.6 Å². The van der Waals surface area contributed by atoms with Crippen molar-refractivity contribution < 1.29 is 9.59 Å². The molecule has 1 aromatic rings. The minimum absolute atomic E-state index is 0.104. The van der Waals surface area contributed by atoms with Crippen LogP contribution < -0.4 is 0 Å². The number of rotatable bonds is 6. The van der Waals surface area contributed by atoms with E-state index in [-0.39, 0.29) is 17.9 Å². The molecule has 2 amide bonds. The monoisotopic (exact) mass is 302 g/mol. The average Bonchev–Trinajstić information content (AvgIpc) is 3.04. The van der Waals surface area contributed by atoms with Gasteiger partial charge in [0.25, 0.3) is 0 Å². The molecule has 1 fully saturated rings. The Balaban J connectivity index is 1.94. The van der Waals surface area contributed by atoms with Crippen LogP contribution in [0.25, 0.3) is 0 Å². The van der Waals surface area contributed by atoms with E-state index < -0.39 is 0 Å². The Hall–Kier alpha value is -1.84. The summed E-state index contributed by atoms with van der Waals surface area (Å²) >= 11 is 0. The topological polar surface area (TPSA) is 40.6 Å². The molecule has 22 heavy (non-hydrogen) atoms. The summed E-state index contributed by atoms with van der Waals surface area (Å²) in [6.07, 6.45) is 2.94. The molecule has 4 heteroatoms. The van der Waals surface area contributed by atoms with E-state index in [4.69, 9.17) is 0 Å². The van der Waals surface area contributed by atoms with Crippen LogP contribution in [0, 0.1) is 0 Å². The predicted molar refractivity (Wildman–Crippen MR) is 87.4 cm³/mol. The fourth-order valence-corrected chi connectivity index (χ4v) is 3.11. The number of carbonyl (C=O) groups is 2. The molecule has 1 heterocycles. The van der Waals surface area contributed by atoms with E-state index in [2.05, 4.69) is 0 Å². The molecular formula is C18H26N2O2. The van der Waals surface area contributed by atoms with Crippen LogP contribution in [0.15, 0.2) is 30.3 Å². The van der Waals surface area contributed by atoms with Crippen molar-refractivity contribution in [1.29, 1.82) is 0 Å². The standard InChI is InChI=1S/C18H26N2O2/c1-3-19(4-2)18(22)16-11-8-14-20(16)17(21)13-12-15-9-6-5-7-10-15/h5-7,9-10,16H,3-4,8,11-14H2,1-2H3. The van der Waals surface area contributed by atoms with Crippen LogP contribution in [-0.2, 0) is 16.0 Å². The van der Waals surface area contributed by atoms with Gasteiger partial charge in [-0.05, 0) is 38.7 Å². The van der Waals surface area contributed by atoms with Gasteiger partial charge < -0.3 is 9.80 Å². The van der Waals surface area contributed by atoms with Gasteiger partial charge in [-0.15, -0.1) is 0 Å². The molecule has 1 unspecified atom stereocenters. The molecule has 1 aromatic carbocycles. The third-order valence-electron chi connectivity index (χ3n) is 4.40. The zero-order chi connectivity index (χ0) is 15.9. The molecule has 1 saturated heterocycles. The molecule has 0 aliphatic carbocycles. The molecule has 1 aliphatic heterocycles. The van der Waals surface area contributed by atoms with Gasteiger partial charge in [0.15, 0.2) is 0 Å². The van der Waals surface area contributed by atoms with Gasteiger partial charge in [-0.25, -0.2) is 0 Å². The van der Waals surface area contributed by atoms with Gasteiger partial charge in [-0.3, -0.25) is 9.59 Å². The molecule has 120 valence electrons. The normalized spacial score (nSPS) is 17.5. The Kier molecular flexibility index (Phi) is 5.99. The minimum atomic E-state index is -0.247. The predicted octanol–water partition coefficient (Wildman–Crippen LogP) is 2.48. The van der Waals surface area contributed by atoms with Gasteiger partial charge in [0.2, 0.25) is 11.8 Å². The van der Waals surface area contributed by atoms with Crippen molar-refractivity contribution in [3.8, 4) is 0 Å². The summed E-state index contributed by atoms with van der Waals surface area (Å²) in [6, 6.07) is 9.78. The van der Waals surface area contributed by atoms with Crippen molar-refractivity contribution in [2.24, 2.45) is 0 Å². The van der Waals surface area contributed by atoms with Gasteiger partial charge in [0.05, 0.1) is 0 Å². The van der Waals surface area contributed by atoms with E-state index in [1.54, 1.807) is 4.90 Å². The Morgan fingerprint density at radius 1 is 1.18 bits per heavy atom. The Bertz CT molecular complexity index is 497. The molecule has 0 aromatic heterocycles. The van der Waals surface area contributed by atoms with Gasteiger partial charge in [-0.1, -0.05) is 30.3 Å². The number of amides is 2. The van der Waals surface area contributed by atoms with E-state index in [0.29, 0.717) is 26.1 Å². The lowest BCUT2D eigenvalue weighted by atomic mass is 10.1. The van der Waals surface area contributed by atoms with E-state index in [0.717, 1.165) is 19.3 Å². The van der Waals surface area contributed by atoms with Crippen molar-refractivity contribution in [1.82, 2.24) is 9.80 Å². The van der Waals surface area contributed by atoms with Crippen LogP contribution in [0.4, 0.5) is 0 Å². The molecule has 0 radical (unpaired) electrons. The van der Waals surface area contributed by atoms with Gasteiger partial charge in [-0.2, -0.15) is 0 Å². The maximum absolute atomic E-state index is 12.5. The lowest BCUT2D eigenvalue weighted by Gasteiger charge is -2.29. The van der Waals surface area contributed by atoms with Crippen LogP contribution in [0.3, 0.4) is 0 Å². The zero-order valence-electron chi connectivity index (χ0n) is 13.6. The summed E-state index contributed by atoms with van der Waals surface area (Å²) < 4.78 is 0. The Morgan fingerprint density at radius 3 is 2.50 bits per heavy atom. The maximum Gasteiger partial charge on any atom is 0.245 e. The third kappa shape index (κ3) is 3.87. The quantitative estimate of drug-likeness (QED) is 0.810. The SMILES string of the molecule is CCN(CC)C(=O)C1CCCN1C(=O)CCc1ccccc1. The molecule has 0 saturated carbocycles. The number of likely N-dealkylation sites (tertiary alicyclic amines) is 1. The molecular weight excluding hydrogens is 276 g/mol. The molecule has 0 N–H and O–H groups in total. The number of carbonyl (C=O) groups excluding carboxylic acids is 2. The first-order chi connectivity index (χ1) is 10.7. The number of hydrogen-bond acceptors (Lipinski definition) is 2. The summed E-state index contributed by atoms with van der Waals surface area (Å²) in [5.41, 5.74) is 1.17. The van der Waals surface area contributed by atoms with Crippen LogP contribution in [0.5, 0.6) is 0 Å².